The number of carbonyl (C=O) groups is 1. The molecule has 0 aliphatic rings. The molecule has 0 fully saturated rings. The van der Waals surface area contributed by atoms with Crippen LogP contribution in [-0.4, -0.2) is 26.9 Å². The second kappa shape index (κ2) is 8.02. The molecule has 1 N–H and O–H groups in total. The van der Waals surface area contributed by atoms with E-state index in [1.165, 1.54) is 23.0 Å². The maximum Gasteiger partial charge on any atom is 0.261 e. The normalized spacial score (nSPS) is 10.7. The molecule has 2 heterocycles. The van der Waals surface area contributed by atoms with Crippen LogP contribution in [0.15, 0.2) is 79.3 Å². The number of nitrogens with zero attached hydrogens (tertiary/aromatic N) is 3. The Morgan fingerprint density at radius 3 is 2.55 bits per heavy atom. The third-order valence-corrected chi connectivity index (χ3v) is 4.31. The van der Waals surface area contributed by atoms with Crippen molar-refractivity contribution in [1.29, 1.82) is 0 Å². The number of rotatable bonds is 6. The molecule has 0 radical (unpaired) electrons. The Labute approximate surface area is 167 Å². The predicted molar refractivity (Wildman–Crippen MR) is 108 cm³/mol. The molecule has 7 heteroatoms. The number of carbonyl (C=O) groups excluding carboxylic acids is 1. The average Bonchev–Trinajstić information content (AvgIpc) is 3.39. The highest BCUT2D eigenvalue weighted by atomic mass is 19.1. The van der Waals surface area contributed by atoms with Gasteiger partial charge in [-0.05, 0) is 61.5 Å². The summed E-state index contributed by atoms with van der Waals surface area (Å²) >= 11 is 0. The number of halogens is 1. The summed E-state index contributed by atoms with van der Waals surface area (Å²) in [6.07, 6.45) is 5.09. The molecule has 0 atom stereocenters. The van der Waals surface area contributed by atoms with Crippen molar-refractivity contribution in [2.45, 2.75) is 6.92 Å². The first-order valence-corrected chi connectivity index (χ1v) is 9.17. The van der Waals surface area contributed by atoms with Gasteiger partial charge in [0, 0.05) is 18.1 Å². The Morgan fingerprint density at radius 2 is 1.86 bits per heavy atom. The van der Waals surface area contributed by atoms with Crippen LogP contribution in [0.3, 0.4) is 0 Å². The summed E-state index contributed by atoms with van der Waals surface area (Å²) in [7, 11) is 0. The quantitative estimate of drug-likeness (QED) is 0.529. The van der Waals surface area contributed by atoms with Gasteiger partial charge >= 0.3 is 0 Å². The number of amides is 1. The zero-order chi connectivity index (χ0) is 20.2. The van der Waals surface area contributed by atoms with Gasteiger partial charge in [-0.1, -0.05) is 6.07 Å². The van der Waals surface area contributed by atoms with Gasteiger partial charge in [0.2, 0.25) is 0 Å². The molecule has 4 rings (SSSR count). The van der Waals surface area contributed by atoms with Gasteiger partial charge in [0.25, 0.3) is 5.91 Å². The second-order valence-corrected chi connectivity index (χ2v) is 6.28. The molecule has 0 unspecified atom stereocenters. The molecule has 0 saturated heterocycles. The Hall–Kier alpha value is -3.87. The number of nitrogens with one attached hydrogen (secondary N) is 1. The molecule has 6 nitrogen and oxygen atoms in total. The number of benzene rings is 2. The molecule has 4 aromatic rings. The Balaban J connectivity index is 1.69. The van der Waals surface area contributed by atoms with E-state index in [0.717, 1.165) is 5.75 Å². The van der Waals surface area contributed by atoms with E-state index in [-0.39, 0.29) is 11.7 Å². The third-order valence-electron chi connectivity index (χ3n) is 4.31. The highest BCUT2D eigenvalue weighted by Gasteiger charge is 2.20. The summed E-state index contributed by atoms with van der Waals surface area (Å²) in [6, 6.07) is 16.9. The van der Waals surface area contributed by atoms with E-state index >= 15 is 0 Å². The highest BCUT2D eigenvalue weighted by Crippen LogP contribution is 2.22. The predicted octanol–water partition coefficient (Wildman–Crippen LogP) is 4.45. The molecule has 0 aliphatic heterocycles. The van der Waals surface area contributed by atoms with E-state index in [2.05, 4.69) is 10.4 Å². The molecule has 2 aromatic carbocycles. The van der Waals surface area contributed by atoms with Crippen LogP contribution in [0.25, 0.3) is 11.5 Å². The van der Waals surface area contributed by atoms with E-state index in [4.69, 9.17) is 4.74 Å². The topological polar surface area (TPSA) is 61.1 Å². The summed E-state index contributed by atoms with van der Waals surface area (Å²) in [6.45, 7) is 2.49. The second-order valence-electron chi connectivity index (χ2n) is 6.28. The molecule has 29 heavy (non-hydrogen) atoms. The lowest BCUT2D eigenvalue weighted by atomic mass is 10.2. The summed E-state index contributed by atoms with van der Waals surface area (Å²) in [5, 5.41) is 7.20. The van der Waals surface area contributed by atoms with Crippen molar-refractivity contribution >= 4 is 11.6 Å². The van der Waals surface area contributed by atoms with Crippen molar-refractivity contribution in [1.82, 2.24) is 14.3 Å². The van der Waals surface area contributed by atoms with Crippen molar-refractivity contribution in [3.05, 3.63) is 90.6 Å². The van der Waals surface area contributed by atoms with Gasteiger partial charge in [-0.2, -0.15) is 5.10 Å². The summed E-state index contributed by atoms with van der Waals surface area (Å²) in [4.78, 5) is 13.0. The van der Waals surface area contributed by atoms with Crippen molar-refractivity contribution in [2.75, 3.05) is 11.9 Å². The summed E-state index contributed by atoms with van der Waals surface area (Å²) in [5.41, 5.74) is 1.52. The van der Waals surface area contributed by atoms with E-state index in [9.17, 15) is 9.18 Å². The number of hydrogen-bond donors (Lipinski definition) is 1. The average molecular weight is 390 g/mol. The van der Waals surface area contributed by atoms with Gasteiger partial charge in [-0.25, -0.2) is 9.07 Å². The molecule has 2 aromatic heterocycles. The largest absolute Gasteiger partial charge is 0.494 e. The number of aromatic nitrogens is 3. The maximum atomic E-state index is 13.7. The van der Waals surface area contributed by atoms with E-state index < -0.39 is 0 Å². The molecule has 0 spiro atoms. The van der Waals surface area contributed by atoms with Gasteiger partial charge in [0.15, 0.2) is 5.82 Å². The van der Waals surface area contributed by atoms with Crippen LogP contribution in [0.4, 0.5) is 10.1 Å². The third kappa shape index (κ3) is 3.89. The van der Waals surface area contributed by atoms with Gasteiger partial charge in [-0.15, -0.1) is 0 Å². The van der Waals surface area contributed by atoms with E-state index in [0.29, 0.717) is 29.4 Å². The maximum absolute atomic E-state index is 13.7. The molecular weight excluding hydrogens is 371 g/mol. The van der Waals surface area contributed by atoms with Crippen LogP contribution < -0.4 is 10.1 Å². The van der Waals surface area contributed by atoms with Crippen LogP contribution in [0.2, 0.25) is 0 Å². The van der Waals surface area contributed by atoms with Crippen molar-refractivity contribution in [2.24, 2.45) is 0 Å². The Morgan fingerprint density at radius 1 is 1.10 bits per heavy atom. The minimum atomic E-state index is -0.378. The summed E-state index contributed by atoms with van der Waals surface area (Å²) in [5.74, 6) is 0.554. The minimum Gasteiger partial charge on any atom is -0.494 e. The van der Waals surface area contributed by atoms with Gasteiger partial charge in [-0.3, -0.25) is 4.79 Å². The van der Waals surface area contributed by atoms with Gasteiger partial charge in [0.05, 0.1) is 18.5 Å². The first-order valence-electron chi connectivity index (χ1n) is 9.17. The molecule has 0 aliphatic carbocycles. The van der Waals surface area contributed by atoms with Gasteiger partial charge < -0.3 is 14.6 Å². The standard InChI is InChI=1S/C22H19FN4O2/c1-2-29-19-10-8-17(9-11-19)25-21(28)20-15-24-27(18-7-5-6-16(23)14-18)22(20)26-12-3-4-13-26/h3-15H,2H2,1H3,(H,25,28). The van der Waals surface area contributed by atoms with Crippen molar-refractivity contribution in [3.8, 4) is 17.3 Å². The first-order chi connectivity index (χ1) is 14.2. The summed E-state index contributed by atoms with van der Waals surface area (Å²) < 4.78 is 22.5. The highest BCUT2D eigenvalue weighted by molar-refractivity contribution is 6.06. The van der Waals surface area contributed by atoms with Crippen LogP contribution in [0, 0.1) is 5.82 Å². The van der Waals surface area contributed by atoms with E-state index in [1.54, 1.807) is 53.4 Å². The molecule has 0 saturated carbocycles. The zero-order valence-corrected chi connectivity index (χ0v) is 15.7. The lowest BCUT2D eigenvalue weighted by Crippen LogP contribution is -2.15. The number of hydrogen-bond acceptors (Lipinski definition) is 3. The molecule has 1 amide bonds. The first kappa shape index (κ1) is 18.5. The number of ether oxygens (including phenoxy) is 1. The minimum absolute atomic E-state index is 0.319. The van der Waals surface area contributed by atoms with Crippen LogP contribution in [0.5, 0.6) is 5.75 Å². The van der Waals surface area contributed by atoms with Crippen LogP contribution in [0.1, 0.15) is 17.3 Å². The molecular formula is C22H19FN4O2. The monoisotopic (exact) mass is 390 g/mol. The Bertz CT molecular complexity index is 1120. The van der Waals surface area contributed by atoms with Crippen molar-refractivity contribution in [3.63, 3.8) is 0 Å². The molecule has 146 valence electrons. The number of anilines is 1. The van der Waals surface area contributed by atoms with E-state index in [1.807, 2.05) is 19.1 Å². The molecule has 0 bridgehead atoms. The van der Waals surface area contributed by atoms with Gasteiger partial charge in [0.1, 0.15) is 17.1 Å². The zero-order valence-electron chi connectivity index (χ0n) is 15.7. The van der Waals surface area contributed by atoms with Crippen LogP contribution >= 0.6 is 0 Å². The van der Waals surface area contributed by atoms with Crippen molar-refractivity contribution < 1.29 is 13.9 Å². The fraction of sp³-hybridized carbons (Fsp3) is 0.0909. The fourth-order valence-electron chi connectivity index (χ4n) is 3.02. The van der Waals surface area contributed by atoms with Crippen LogP contribution in [-0.2, 0) is 0 Å². The fourth-order valence-corrected chi connectivity index (χ4v) is 3.02. The Kier molecular flexibility index (Phi) is 5.11. The lowest BCUT2D eigenvalue weighted by molar-refractivity contribution is 0.102. The lowest BCUT2D eigenvalue weighted by Gasteiger charge is -2.11. The SMILES string of the molecule is CCOc1ccc(NC(=O)c2cnn(-c3cccc(F)c3)c2-n2cccc2)cc1. The smallest absolute Gasteiger partial charge is 0.261 e.